The molecule has 4 nitrogen and oxygen atoms in total. The fourth-order valence-electron chi connectivity index (χ4n) is 1.82. The van der Waals surface area contributed by atoms with Crippen molar-refractivity contribution in [1.29, 1.82) is 0 Å². The van der Waals surface area contributed by atoms with Gasteiger partial charge in [0.2, 0.25) is 0 Å². The number of hydrogen-bond acceptors (Lipinski definition) is 3. The molecule has 0 aliphatic carbocycles. The molecule has 1 amide bonds. The van der Waals surface area contributed by atoms with E-state index in [1.807, 2.05) is 30.3 Å². The van der Waals surface area contributed by atoms with Gasteiger partial charge in [-0.1, -0.05) is 30.3 Å². The van der Waals surface area contributed by atoms with Gasteiger partial charge in [-0.3, -0.25) is 4.90 Å². The molecule has 1 aliphatic heterocycles. The highest BCUT2D eigenvalue weighted by molar-refractivity contribution is 5.71. The second kappa shape index (κ2) is 3.55. The zero-order valence-corrected chi connectivity index (χ0v) is 8.51. The Balaban J connectivity index is 2.43. The molecule has 0 saturated carbocycles. The van der Waals surface area contributed by atoms with Gasteiger partial charge < -0.3 is 9.84 Å². The number of ether oxygens (including phenoxy) is 1. The van der Waals surface area contributed by atoms with Crippen LogP contribution < -0.4 is 0 Å². The van der Waals surface area contributed by atoms with Crippen molar-refractivity contribution in [2.75, 3.05) is 20.3 Å². The SMILES string of the molecule is CN1C(=O)OCC1(CO)c1ccccc1. The van der Waals surface area contributed by atoms with Crippen LogP contribution in [-0.2, 0) is 10.3 Å². The van der Waals surface area contributed by atoms with Gasteiger partial charge in [0.05, 0.1) is 6.61 Å². The summed E-state index contributed by atoms with van der Waals surface area (Å²) in [6.45, 7) is 0.0576. The highest BCUT2D eigenvalue weighted by Crippen LogP contribution is 2.32. The predicted octanol–water partition coefficient (Wildman–Crippen LogP) is 0.956. The molecule has 1 aromatic carbocycles. The van der Waals surface area contributed by atoms with E-state index in [1.165, 1.54) is 4.90 Å². The van der Waals surface area contributed by atoms with Crippen molar-refractivity contribution in [2.24, 2.45) is 0 Å². The summed E-state index contributed by atoms with van der Waals surface area (Å²) in [6.07, 6.45) is -0.395. The normalized spacial score (nSPS) is 25.5. The average Bonchev–Trinajstić information content (AvgIpc) is 2.59. The minimum absolute atomic E-state index is 0.140. The van der Waals surface area contributed by atoms with Crippen LogP contribution in [0.5, 0.6) is 0 Å². The third-order valence-electron chi connectivity index (χ3n) is 2.92. The molecule has 0 aromatic heterocycles. The number of hydrogen-bond donors (Lipinski definition) is 1. The minimum Gasteiger partial charge on any atom is -0.446 e. The van der Waals surface area contributed by atoms with Crippen LogP contribution in [0.15, 0.2) is 30.3 Å². The number of benzene rings is 1. The molecule has 2 rings (SSSR count). The first-order chi connectivity index (χ1) is 7.20. The maximum absolute atomic E-state index is 11.3. The number of carbonyl (C=O) groups excluding carboxylic acids is 1. The third-order valence-corrected chi connectivity index (χ3v) is 2.92. The highest BCUT2D eigenvalue weighted by Gasteiger charge is 2.46. The van der Waals surface area contributed by atoms with Gasteiger partial charge in [-0.2, -0.15) is 0 Å². The van der Waals surface area contributed by atoms with Gasteiger partial charge in [0.25, 0.3) is 0 Å². The van der Waals surface area contributed by atoms with Crippen molar-refractivity contribution in [3.63, 3.8) is 0 Å². The van der Waals surface area contributed by atoms with Crippen molar-refractivity contribution < 1.29 is 14.6 Å². The van der Waals surface area contributed by atoms with E-state index in [9.17, 15) is 9.90 Å². The van der Waals surface area contributed by atoms with Gasteiger partial charge in [-0.25, -0.2) is 4.79 Å². The van der Waals surface area contributed by atoms with E-state index in [0.717, 1.165) is 5.56 Å². The molecule has 1 fully saturated rings. The summed E-state index contributed by atoms with van der Waals surface area (Å²) in [5.41, 5.74) is 0.166. The second-order valence-corrected chi connectivity index (χ2v) is 3.67. The lowest BCUT2D eigenvalue weighted by Gasteiger charge is -2.31. The van der Waals surface area contributed by atoms with E-state index >= 15 is 0 Å². The molecule has 0 radical (unpaired) electrons. The quantitative estimate of drug-likeness (QED) is 0.785. The van der Waals surface area contributed by atoms with E-state index in [0.29, 0.717) is 0 Å². The molecule has 1 atom stereocenters. The topological polar surface area (TPSA) is 49.8 Å². The predicted molar refractivity (Wildman–Crippen MR) is 54.3 cm³/mol. The van der Waals surface area contributed by atoms with Crippen LogP contribution in [0.3, 0.4) is 0 Å². The van der Waals surface area contributed by atoms with Gasteiger partial charge in [0.15, 0.2) is 0 Å². The molecule has 0 spiro atoms. The van der Waals surface area contributed by atoms with Gasteiger partial charge >= 0.3 is 6.09 Å². The van der Waals surface area contributed by atoms with Gasteiger partial charge in [0, 0.05) is 7.05 Å². The maximum atomic E-state index is 11.3. The number of aliphatic hydroxyl groups is 1. The van der Waals surface area contributed by atoms with E-state index in [-0.39, 0.29) is 13.2 Å². The summed E-state index contributed by atoms with van der Waals surface area (Å²) in [5.74, 6) is 0. The fraction of sp³-hybridized carbons (Fsp3) is 0.364. The molecule has 4 heteroatoms. The van der Waals surface area contributed by atoms with E-state index in [4.69, 9.17) is 4.74 Å². The zero-order chi connectivity index (χ0) is 10.9. The number of aliphatic hydroxyl groups excluding tert-OH is 1. The van der Waals surface area contributed by atoms with E-state index in [1.54, 1.807) is 7.05 Å². The first-order valence-electron chi connectivity index (χ1n) is 4.78. The molecular formula is C11H13NO3. The van der Waals surface area contributed by atoms with E-state index in [2.05, 4.69) is 0 Å². The standard InChI is InChI=1S/C11H13NO3/c1-12-10(14)15-8-11(12,7-13)9-5-3-2-4-6-9/h2-6,13H,7-8H2,1H3. The zero-order valence-electron chi connectivity index (χ0n) is 8.51. The van der Waals surface area contributed by atoms with E-state index < -0.39 is 11.6 Å². The van der Waals surface area contributed by atoms with Crippen LogP contribution in [0.2, 0.25) is 0 Å². The Bertz CT molecular complexity index is 365. The second-order valence-electron chi connectivity index (χ2n) is 3.67. The molecule has 15 heavy (non-hydrogen) atoms. The Morgan fingerprint density at radius 2 is 2.13 bits per heavy atom. The van der Waals surface area contributed by atoms with Crippen molar-refractivity contribution in [2.45, 2.75) is 5.54 Å². The number of nitrogens with zero attached hydrogens (tertiary/aromatic N) is 1. The summed E-state index contributed by atoms with van der Waals surface area (Å²) in [6, 6.07) is 9.42. The van der Waals surface area contributed by atoms with Crippen molar-refractivity contribution >= 4 is 6.09 Å². The molecule has 1 unspecified atom stereocenters. The molecular weight excluding hydrogens is 194 g/mol. The molecule has 1 aliphatic rings. The van der Waals surface area contributed by atoms with Gasteiger partial charge in [-0.05, 0) is 5.56 Å². The van der Waals surface area contributed by atoms with Gasteiger partial charge in [-0.15, -0.1) is 0 Å². The van der Waals surface area contributed by atoms with Crippen molar-refractivity contribution in [1.82, 2.24) is 4.90 Å². The summed E-state index contributed by atoms with van der Waals surface area (Å²) in [7, 11) is 1.64. The van der Waals surface area contributed by atoms with Crippen LogP contribution >= 0.6 is 0 Å². The number of carbonyl (C=O) groups is 1. The number of cyclic esters (lactones) is 1. The highest BCUT2D eigenvalue weighted by atomic mass is 16.6. The van der Waals surface area contributed by atoms with Crippen LogP contribution in [0.4, 0.5) is 4.79 Å². The third kappa shape index (κ3) is 1.37. The molecule has 1 saturated heterocycles. The Labute approximate surface area is 88.1 Å². The van der Waals surface area contributed by atoms with Crippen LogP contribution in [-0.4, -0.2) is 36.4 Å². The largest absolute Gasteiger partial charge is 0.446 e. The average molecular weight is 207 g/mol. The molecule has 1 aromatic rings. The fourth-order valence-corrected chi connectivity index (χ4v) is 1.82. The smallest absolute Gasteiger partial charge is 0.410 e. The first kappa shape index (κ1) is 9.98. The van der Waals surface area contributed by atoms with Crippen LogP contribution in [0.1, 0.15) is 5.56 Å². The van der Waals surface area contributed by atoms with Crippen molar-refractivity contribution in [3.05, 3.63) is 35.9 Å². The molecule has 0 bridgehead atoms. The lowest BCUT2D eigenvalue weighted by atomic mass is 9.91. The molecule has 1 heterocycles. The summed E-state index contributed by atoms with van der Waals surface area (Å²) < 4.78 is 4.95. The molecule has 80 valence electrons. The molecule has 1 N–H and O–H groups in total. The monoisotopic (exact) mass is 207 g/mol. The Hall–Kier alpha value is -1.55. The Morgan fingerprint density at radius 3 is 2.60 bits per heavy atom. The lowest BCUT2D eigenvalue weighted by molar-refractivity contribution is 0.0988. The Kier molecular flexibility index (Phi) is 2.36. The first-order valence-corrected chi connectivity index (χ1v) is 4.78. The minimum atomic E-state index is -0.724. The lowest BCUT2D eigenvalue weighted by Crippen LogP contribution is -2.45. The Morgan fingerprint density at radius 1 is 1.47 bits per heavy atom. The number of likely N-dealkylation sites (N-methyl/N-ethyl adjacent to an activating group) is 1. The number of rotatable bonds is 2. The summed E-state index contributed by atoms with van der Waals surface area (Å²) in [5, 5.41) is 9.48. The van der Waals surface area contributed by atoms with Crippen molar-refractivity contribution in [3.8, 4) is 0 Å². The van der Waals surface area contributed by atoms with Gasteiger partial charge in [0.1, 0.15) is 12.1 Å². The van der Waals surface area contributed by atoms with Crippen LogP contribution in [0, 0.1) is 0 Å². The number of amides is 1. The summed E-state index contributed by atoms with van der Waals surface area (Å²) >= 11 is 0. The summed E-state index contributed by atoms with van der Waals surface area (Å²) in [4.78, 5) is 12.8. The van der Waals surface area contributed by atoms with Crippen LogP contribution in [0.25, 0.3) is 0 Å². The maximum Gasteiger partial charge on any atom is 0.410 e.